The van der Waals surface area contributed by atoms with Crippen molar-refractivity contribution in [1.29, 1.82) is 0 Å². The van der Waals surface area contributed by atoms with E-state index in [2.05, 4.69) is 51.2 Å². The Kier molecular flexibility index (Phi) is 6.08. The van der Waals surface area contributed by atoms with Crippen LogP contribution < -0.4 is 10.2 Å². The van der Waals surface area contributed by atoms with Gasteiger partial charge in [-0.05, 0) is 61.7 Å². The Bertz CT molecular complexity index is 563. The molecule has 1 aromatic carbocycles. The summed E-state index contributed by atoms with van der Waals surface area (Å²) in [6.07, 6.45) is 4.96. The third-order valence-electron chi connectivity index (χ3n) is 5.05. The maximum atomic E-state index is 13.0. The molecule has 1 heterocycles. The molecule has 1 N–H and O–H groups in total. The molecule has 1 aromatic rings. The highest BCUT2D eigenvalue weighted by molar-refractivity contribution is 5.94. The molecule has 1 aliphatic rings. The fraction of sp³-hybridized carbons (Fsp3) is 0.667. The highest BCUT2D eigenvalue weighted by Gasteiger charge is 2.33. The predicted molar refractivity (Wildman–Crippen MR) is 102 cm³/mol. The van der Waals surface area contributed by atoms with Crippen LogP contribution in [0.4, 0.5) is 5.69 Å². The highest BCUT2D eigenvalue weighted by Crippen LogP contribution is 2.39. The fourth-order valence-corrected chi connectivity index (χ4v) is 4.21. The molecule has 0 bridgehead atoms. The standard InChI is InChI=1S/C21H34N2O/c1-20(2,12-13-22-5)16-21(3,4)15-19(24)23-14-8-10-17-9-6-7-11-18(17)23/h6-7,9,11,22H,8,10,12-16H2,1-5H3. The summed E-state index contributed by atoms with van der Waals surface area (Å²) >= 11 is 0. The van der Waals surface area contributed by atoms with Crippen LogP contribution in [0, 0.1) is 10.8 Å². The molecule has 0 saturated carbocycles. The van der Waals surface area contributed by atoms with Gasteiger partial charge in [-0.2, -0.15) is 0 Å². The van der Waals surface area contributed by atoms with Crippen LogP contribution in [-0.4, -0.2) is 26.0 Å². The van der Waals surface area contributed by atoms with Crippen molar-refractivity contribution in [3.8, 4) is 0 Å². The zero-order chi connectivity index (χ0) is 17.8. The lowest BCUT2D eigenvalue weighted by molar-refractivity contribution is -0.121. The third kappa shape index (κ3) is 5.07. The number of benzene rings is 1. The molecule has 0 atom stereocenters. The summed E-state index contributed by atoms with van der Waals surface area (Å²) in [6.45, 7) is 11.0. The maximum Gasteiger partial charge on any atom is 0.227 e. The Morgan fingerprint density at radius 1 is 1.17 bits per heavy atom. The van der Waals surface area contributed by atoms with Crippen LogP contribution in [0.3, 0.4) is 0 Å². The number of para-hydroxylation sites is 1. The SMILES string of the molecule is CNCCC(C)(C)CC(C)(C)CC(=O)N1CCCc2ccccc21. The van der Waals surface area contributed by atoms with Gasteiger partial charge in [0, 0.05) is 18.7 Å². The molecule has 1 amide bonds. The lowest BCUT2D eigenvalue weighted by atomic mass is 9.71. The smallest absolute Gasteiger partial charge is 0.227 e. The Morgan fingerprint density at radius 3 is 2.58 bits per heavy atom. The van der Waals surface area contributed by atoms with Crippen molar-refractivity contribution in [2.75, 3.05) is 25.0 Å². The monoisotopic (exact) mass is 330 g/mol. The van der Waals surface area contributed by atoms with E-state index in [9.17, 15) is 4.79 Å². The molecule has 3 nitrogen and oxygen atoms in total. The normalized spacial score (nSPS) is 15.3. The van der Waals surface area contributed by atoms with Gasteiger partial charge < -0.3 is 10.2 Å². The van der Waals surface area contributed by atoms with Gasteiger partial charge in [0.05, 0.1) is 0 Å². The minimum Gasteiger partial charge on any atom is -0.320 e. The van der Waals surface area contributed by atoms with Gasteiger partial charge >= 0.3 is 0 Å². The van der Waals surface area contributed by atoms with Crippen molar-refractivity contribution in [1.82, 2.24) is 5.32 Å². The lowest BCUT2D eigenvalue weighted by Gasteiger charge is -2.37. The molecule has 2 rings (SSSR count). The average Bonchev–Trinajstić information content (AvgIpc) is 2.50. The number of rotatable bonds is 7. The first kappa shape index (κ1) is 19.0. The zero-order valence-electron chi connectivity index (χ0n) is 16.1. The number of nitrogens with zero attached hydrogens (tertiary/aromatic N) is 1. The van der Waals surface area contributed by atoms with Crippen LogP contribution in [0.1, 0.15) is 58.9 Å². The summed E-state index contributed by atoms with van der Waals surface area (Å²) in [7, 11) is 2.00. The molecule has 0 fully saturated rings. The molecule has 1 aliphatic heterocycles. The Balaban J connectivity index is 2.03. The van der Waals surface area contributed by atoms with E-state index in [1.54, 1.807) is 0 Å². The van der Waals surface area contributed by atoms with Crippen LogP contribution >= 0.6 is 0 Å². The second kappa shape index (κ2) is 7.69. The van der Waals surface area contributed by atoms with Crippen molar-refractivity contribution in [3.05, 3.63) is 29.8 Å². The quantitative estimate of drug-likeness (QED) is 0.803. The van der Waals surface area contributed by atoms with E-state index in [-0.39, 0.29) is 16.7 Å². The summed E-state index contributed by atoms with van der Waals surface area (Å²) < 4.78 is 0. The molecule has 0 aromatic heterocycles. The molecule has 0 saturated heterocycles. The second-order valence-corrected chi connectivity index (χ2v) is 8.81. The van der Waals surface area contributed by atoms with Crippen LogP contribution in [0.15, 0.2) is 24.3 Å². The molecular formula is C21H34N2O. The number of hydrogen-bond acceptors (Lipinski definition) is 2. The number of aryl methyl sites for hydroxylation is 1. The van der Waals surface area contributed by atoms with Crippen LogP contribution in [-0.2, 0) is 11.2 Å². The molecule has 24 heavy (non-hydrogen) atoms. The van der Waals surface area contributed by atoms with E-state index in [4.69, 9.17) is 0 Å². The number of fused-ring (bicyclic) bond motifs is 1. The summed E-state index contributed by atoms with van der Waals surface area (Å²) in [5.41, 5.74) is 2.69. The molecule has 0 radical (unpaired) electrons. The minimum absolute atomic E-state index is 0.0146. The molecule has 0 spiro atoms. The van der Waals surface area contributed by atoms with Crippen molar-refractivity contribution in [3.63, 3.8) is 0 Å². The molecule has 0 aliphatic carbocycles. The van der Waals surface area contributed by atoms with Gasteiger partial charge in [0.1, 0.15) is 0 Å². The van der Waals surface area contributed by atoms with Gasteiger partial charge in [-0.1, -0.05) is 45.9 Å². The van der Waals surface area contributed by atoms with Crippen molar-refractivity contribution in [2.24, 2.45) is 10.8 Å². The predicted octanol–water partition coefficient (Wildman–Crippen LogP) is 4.41. The van der Waals surface area contributed by atoms with Crippen molar-refractivity contribution >= 4 is 11.6 Å². The second-order valence-electron chi connectivity index (χ2n) is 8.81. The first-order valence-corrected chi connectivity index (χ1v) is 9.27. The Morgan fingerprint density at radius 2 is 1.88 bits per heavy atom. The summed E-state index contributed by atoms with van der Waals surface area (Å²) in [4.78, 5) is 15.0. The molecule has 3 heteroatoms. The van der Waals surface area contributed by atoms with E-state index < -0.39 is 0 Å². The summed E-state index contributed by atoms with van der Waals surface area (Å²) in [6, 6.07) is 8.36. The first-order chi connectivity index (χ1) is 11.2. The van der Waals surface area contributed by atoms with E-state index in [0.717, 1.165) is 44.5 Å². The summed E-state index contributed by atoms with van der Waals surface area (Å²) in [5.74, 6) is 0.275. The Labute approximate surface area is 147 Å². The van der Waals surface area contributed by atoms with Crippen LogP contribution in [0.2, 0.25) is 0 Å². The van der Waals surface area contributed by atoms with Gasteiger partial charge in [-0.3, -0.25) is 4.79 Å². The number of hydrogen-bond donors (Lipinski definition) is 1. The maximum absolute atomic E-state index is 13.0. The van der Waals surface area contributed by atoms with Crippen LogP contribution in [0.5, 0.6) is 0 Å². The topological polar surface area (TPSA) is 32.3 Å². The number of carbonyl (C=O) groups is 1. The first-order valence-electron chi connectivity index (χ1n) is 9.27. The third-order valence-corrected chi connectivity index (χ3v) is 5.05. The number of carbonyl (C=O) groups excluding carboxylic acids is 1. The average molecular weight is 331 g/mol. The minimum atomic E-state index is 0.0146. The highest BCUT2D eigenvalue weighted by atomic mass is 16.2. The number of amides is 1. The van der Waals surface area contributed by atoms with Gasteiger partial charge in [0.25, 0.3) is 0 Å². The number of anilines is 1. The zero-order valence-corrected chi connectivity index (χ0v) is 16.1. The van der Waals surface area contributed by atoms with Crippen LogP contribution in [0.25, 0.3) is 0 Å². The molecule has 134 valence electrons. The van der Waals surface area contributed by atoms with E-state index in [1.165, 1.54) is 5.56 Å². The fourth-order valence-electron chi connectivity index (χ4n) is 4.21. The van der Waals surface area contributed by atoms with Gasteiger partial charge in [-0.25, -0.2) is 0 Å². The van der Waals surface area contributed by atoms with Gasteiger partial charge in [0.2, 0.25) is 5.91 Å². The van der Waals surface area contributed by atoms with E-state index in [1.807, 2.05) is 18.0 Å². The largest absolute Gasteiger partial charge is 0.320 e. The summed E-state index contributed by atoms with van der Waals surface area (Å²) in [5, 5.41) is 3.24. The van der Waals surface area contributed by atoms with Gasteiger partial charge in [-0.15, -0.1) is 0 Å². The van der Waals surface area contributed by atoms with Crippen molar-refractivity contribution in [2.45, 2.75) is 59.8 Å². The number of nitrogens with one attached hydrogen (secondary N) is 1. The van der Waals surface area contributed by atoms with E-state index in [0.29, 0.717) is 6.42 Å². The van der Waals surface area contributed by atoms with E-state index >= 15 is 0 Å². The molecule has 0 unspecified atom stereocenters. The van der Waals surface area contributed by atoms with Crippen molar-refractivity contribution < 1.29 is 4.79 Å². The van der Waals surface area contributed by atoms with Gasteiger partial charge in [0.15, 0.2) is 0 Å². The Hall–Kier alpha value is -1.35. The molecular weight excluding hydrogens is 296 g/mol. The lowest BCUT2D eigenvalue weighted by Crippen LogP contribution is -2.39.